The molecule has 0 fully saturated rings. The van der Waals surface area contributed by atoms with E-state index in [1.54, 1.807) is 11.7 Å². The van der Waals surface area contributed by atoms with Gasteiger partial charge >= 0.3 is 0 Å². The fourth-order valence-electron chi connectivity index (χ4n) is 2.85. The Balaban J connectivity index is 2.19. The first-order valence-electron chi connectivity index (χ1n) is 7.58. The highest BCUT2D eigenvalue weighted by atomic mass is 32.1. The highest BCUT2D eigenvalue weighted by molar-refractivity contribution is 7.12. The number of aromatic nitrogens is 4. The monoisotopic (exact) mass is 349 g/mol. The number of benzene rings is 1. The minimum Gasteiger partial charge on any atom is -0.397 e. The SMILES string of the molecule is CNc1ccc2c(N)nc(-c3ccccn3)c(-c3nncs3)c2c1N. The maximum atomic E-state index is 6.44. The van der Waals surface area contributed by atoms with Gasteiger partial charge in [0, 0.05) is 24.0 Å². The second-order valence-corrected chi connectivity index (χ2v) is 6.21. The number of nitrogens with one attached hydrogen (secondary N) is 1. The quantitative estimate of drug-likeness (QED) is 0.487. The molecule has 1 aromatic carbocycles. The molecule has 3 aromatic heterocycles. The lowest BCUT2D eigenvalue weighted by Crippen LogP contribution is -2.03. The van der Waals surface area contributed by atoms with Crippen molar-refractivity contribution in [1.29, 1.82) is 0 Å². The van der Waals surface area contributed by atoms with Crippen molar-refractivity contribution in [3.63, 3.8) is 0 Å². The first kappa shape index (κ1) is 15.3. The lowest BCUT2D eigenvalue weighted by atomic mass is 9.99. The van der Waals surface area contributed by atoms with Gasteiger partial charge in [0.2, 0.25) is 0 Å². The molecule has 3 heterocycles. The topological polar surface area (TPSA) is 116 Å². The van der Waals surface area contributed by atoms with Crippen LogP contribution in [0.2, 0.25) is 0 Å². The molecule has 4 rings (SSSR count). The van der Waals surface area contributed by atoms with E-state index in [0.29, 0.717) is 22.9 Å². The van der Waals surface area contributed by atoms with Crippen LogP contribution in [-0.2, 0) is 0 Å². The molecule has 8 heteroatoms. The maximum Gasteiger partial charge on any atom is 0.150 e. The average Bonchev–Trinajstić information content (AvgIpc) is 3.17. The van der Waals surface area contributed by atoms with Crippen LogP contribution in [0.4, 0.5) is 17.2 Å². The Bertz CT molecular complexity index is 1050. The molecular formula is C17H15N7S. The Kier molecular flexibility index (Phi) is 3.66. The van der Waals surface area contributed by atoms with Gasteiger partial charge in [-0.3, -0.25) is 4.98 Å². The minimum atomic E-state index is 0.401. The van der Waals surface area contributed by atoms with Gasteiger partial charge in [0.15, 0.2) is 5.01 Å². The number of hydrogen-bond acceptors (Lipinski definition) is 8. The molecule has 124 valence electrons. The van der Waals surface area contributed by atoms with Gasteiger partial charge in [-0.2, -0.15) is 0 Å². The number of pyridine rings is 2. The Morgan fingerprint density at radius 2 is 2.00 bits per heavy atom. The van der Waals surface area contributed by atoms with Crippen molar-refractivity contribution < 1.29 is 0 Å². The van der Waals surface area contributed by atoms with E-state index < -0.39 is 0 Å². The van der Waals surface area contributed by atoms with Gasteiger partial charge in [-0.1, -0.05) is 17.4 Å². The van der Waals surface area contributed by atoms with Crippen LogP contribution in [0.3, 0.4) is 0 Å². The summed E-state index contributed by atoms with van der Waals surface area (Å²) < 4.78 is 0. The Morgan fingerprint density at radius 1 is 1.12 bits per heavy atom. The molecule has 4 aromatic rings. The van der Waals surface area contributed by atoms with Gasteiger partial charge < -0.3 is 16.8 Å². The molecule has 7 nitrogen and oxygen atoms in total. The van der Waals surface area contributed by atoms with Gasteiger partial charge in [-0.05, 0) is 24.3 Å². The lowest BCUT2D eigenvalue weighted by Gasteiger charge is -2.16. The van der Waals surface area contributed by atoms with E-state index in [2.05, 4.69) is 25.5 Å². The third kappa shape index (κ3) is 2.43. The van der Waals surface area contributed by atoms with Crippen molar-refractivity contribution in [3.05, 3.63) is 42.0 Å². The van der Waals surface area contributed by atoms with E-state index in [0.717, 1.165) is 27.0 Å². The summed E-state index contributed by atoms with van der Waals surface area (Å²) >= 11 is 1.42. The minimum absolute atomic E-state index is 0.401. The molecule has 0 spiro atoms. The van der Waals surface area contributed by atoms with E-state index >= 15 is 0 Å². The van der Waals surface area contributed by atoms with E-state index in [-0.39, 0.29) is 0 Å². The van der Waals surface area contributed by atoms with E-state index in [4.69, 9.17) is 11.5 Å². The van der Waals surface area contributed by atoms with Crippen LogP contribution in [0, 0.1) is 0 Å². The number of hydrogen-bond donors (Lipinski definition) is 3. The summed E-state index contributed by atoms with van der Waals surface area (Å²) in [4.78, 5) is 9.02. The van der Waals surface area contributed by atoms with Crippen LogP contribution >= 0.6 is 11.3 Å². The summed E-state index contributed by atoms with van der Waals surface area (Å²) in [5.41, 5.74) is 17.9. The van der Waals surface area contributed by atoms with Crippen LogP contribution in [0.5, 0.6) is 0 Å². The molecule has 0 saturated carbocycles. The molecule has 0 bridgehead atoms. The molecule has 0 atom stereocenters. The zero-order chi connectivity index (χ0) is 17.4. The first-order valence-corrected chi connectivity index (χ1v) is 8.46. The number of nitrogens with two attached hydrogens (primary N) is 2. The standard InChI is InChI=1S/C17H15N7S/c1-20-10-6-5-9-12(14(10)18)13(17-24-22-8-25-17)15(23-16(9)19)11-4-2-3-7-21-11/h2-8,20H,18H2,1H3,(H2,19,23). The molecule has 25 heavy (non-hydrogen) atoms. The number of nitrogen functional groups attached to an aromatic ring is 2. The highest BCUT2D eigenvalue weighted by Gasteiger charge is 2.21. The second-order valence-electron chi connectivity index (χ2n) is 5.38. The number of fused-ring (bicyclic) bond motifs is 1. The summed E-state index contributed by atoms with van der Waals surface area (Å²) in [7, 11) is 1.83. The molecular weight excluding hydrogens is 334 g/mol. The third-order valence-electron chi connectivity index (χ3n) is 3.99. The van der Waals surface area contributed by atoms with Crippen LogP contribution in [0.25, 0.3) is 32.7 Å². The maximum absolute atomic E-state index is 6.44. The van der Waals surface area contributed by atoms with Gasteiger partial charge in [0.25, 0.3) is 0 Å². The molecule has 0 radical (unpaired) electrons. The predicted molar refractivity (Wildman–Crippen MR) is 102 cm³/mol. The Hall–Kier alpha value is -3.26. The Morgan fingerprint density at radius 3 is 2.68 bits per heavy atom. The average molecular weight is 349 g/mol. The van der Waals surface area contributed by atoms with Crippen molar-refractivity contribution in [2.24, 2.45) is 0 Å². The zero-order valence-electron chi connectivity index (χ0n) is 13.4. The fourth-order valence-corrected chi connectivity index (χ4v) is 3.46. The number of anilines is 3. The van der Waals surface area contributed by atoms with Crippen molar-refractivity contribution in [3.8, 4) is 22.0 Å². The smallest absolute Gasteiger partial charge is 0.150 e. The molecule has 0 saturated heterocycles. The lowest BCUT2D eigenvalue weighted by molar-refractivity contribution is 1.09. The third-order valence-corrected chi connectivity index (χ3v) is 4.70. The molecule has 5 N–H and O–H groups in total. The Labute approximate surface area is 147 Å². The summed E-state index contributed by atoms with van der Waals surface area (Å²) in [5, 5.41) is 13.6. The normalized spacial score (nSPS) is 10.9. The summed E-state index contributed by atoms with van der Waals surface area (Å²) in [6.07, 6.45) is 1.72. The van der Waals surface area contributed by atoms with Crippen LogP contribution in [-0.4, -0.2) is 27.2 Å². The van der Waals surface area contributed by atoms with Gasteiger partial charge in [-0.25, -0.2) is 4.98 Å². The van der Waals surface area contributed by atoms with Gasteiger partial charge in [0.1, 0.15) is 17.0 Å². The number of nitrogens with zero attached hydrogens (tertiary/aromatic N) is 4. The number of rotatable bonds is 3. The molecule has 0 amide bonds. The van der Waals surface area contributed by atoms with Crippen LogP contribution in [0.1, 0.15) is 0 Å². The van der Waals surface area contributed by atoms with E-state index in [1.807, 2.05) is 37.4 Å². The second kappa shape index (κ2) is 5.99. The fraction of sp³-hybridized carbons (Fsp3) is 0.0588. The van der Waals surface area contributed by atoms with E-state index in [1.165, 1.54) is 11.3 Å². The largest absolute Gasteiger partial charge is 0.397 e. The predicted octanol–water partition coefficient (Wildman–Crippen LogP) is 3.02. The van der Waals surface area contributed by atoms with Crippen molar-refractivity contribution in [2.75, 3.05) is 23.8 Å². The van der Waals surface area contributed by atoms with Crippen molar-refractivity contribution >= 4 is 39.3 Å². The molecule has 0 aliphatic heterocycles. The molecule has 0 aliphatic rings. The summed E-state index contributed by atoms with van der Waals surface area (Å²) in [5.74, 6) is 0.401. The highest BCUT2D eigenvalue weighted by Crippen LogP contribution is 2.43. The zero-order valence-corrected chi connectivity index (χ0v) is 14.2. The van der Waals surface area contributed by atoms with Crippen molar-refractivity contribution in [1.82, 2.24) is 20.2 Å². The van der Waals surface area contributed by atoms with Gasteiger partial charge in [0.05, 0.1) is 22.6 Å². The summed E-state index contributed by atoms with van der Waals surface area (Å²) in [6, 6.07) is 9.44. The molecule has 0 aliphatic carbocycles. The van der Waals surface area contributed by atoms with Crippen LogP contribution < -0.4 is 16.8 Å². The van der Waals surface area contributed by atoms with Crippen molar-refractivity contribution in [2.45, 2.75) is 0 Å². The summed E-state index contributed by atoms with van der Waals surface area (Å²) in [6.45, 7) is 0. The van der Waals surface area contributed by atoms with Gasteiger partial charge in [-0.15, -0.1) is 10.2 Å². The molecule has 0 unspecified atom stereocenters. The first-order chi connectivity index (χ1) is 12.2. The van der Waals surface area contributed by atoms with E-state index in [9.17, 15) is 0 Å². The van der Waals surface area contributed by atoms with Crippen LogP contribution in [0.15, 0.2) is 42.0 Å².